The lowest BCUT2D eigenvalue weighted by Crippen LogP contribution is -2.21. The summed E-state index contributed by atoms with van der Waals surface area (Å²) in [7, 11) is -3.68. The number of hydrazine groups is 1. The largest absolute Gasteiger partial charge is 0.478 e. The van der Waals surface area contributed by atoms with Crippen LogP contribution in [0.1, 0.15) is 16.1 Å². The summed E-state index contributed by atoms with van der Waals surface area (Å²) in [5.41, 5.74) is 6.21. The Kier molecular flexibility index (Phi) is 10.0. The van der Waals surface area contributed by atoms with E-state index in [0.29, 0.717) is 34.0 Å². The van der Waals surface area contributed by atoms with Gasteiger partial charge in [0.25, 0.3) is 5.56 Å². The molecule has 0 bridgehead atoms. The molecular weight excluding hydrogens is 710 g/mol. The van der Waals surface area contributed by atoms with Crippen molar-refractivity contribution < 1.29 is 31.6 Å². The van der Waals surface area contributed by atoms with Crippen molar-refractivity contribution in [3.63, 3.8) is 0 Å². The Morgan fingerprint density at radius 3 is 2.29 bits per heavy atom. The molecule has 8 N–H and O–H groups in total. The van der Waals surface area contributed by atoms with E-state index in [9.17, 15) is 36.4 Å². The lowest BCUT2D eigenvalue weighted by atomic mass is 10.2. The molecule has 250 valence electrons. The van der Waals surface area contributed by atoms with Crippen molar-refractivity contribution >= 4 is 85.2 Å². The second-order valence-electron chi connectivity index (χ2n) is 9.83. The summed E-state index contributed by atoms with van der Waals surface area (Å²) in [6, 6.07) is 14.3. The van der Waals surface area contributed by atoms with Gasteiger partial charge in [0.15, 0.2) is 20.9 Å². The lowest BCUT2D eigenvalue weighted by Gasteiger charge is -2.14. The third kappa shape index (κ3) is 7.75. The molecule has 3 aromatic carbocycles. The highest BCUT2D eigenvalue weighted by Crippen LogP contribution is 2.28. The molecule has 21 heteroatoms. The fourth-order valence-electron chi connectivity index (χ4n) is 4.27. The zero-order valence-corrected chi connectivity index (χ0v) is 27.8. The number of aromatic amines is 1. The van der Waals surface area contributed by atoms with Crippen LogP contribution >= 0.6 is 23.6 Å². The number of hydrogen-bond acceptors (Lipinski definition) is 14. The number of benzene rings is 3. The van der Waals surface area contributed by atoms with E-state index in [1.54, 1.807) is 31.2 Å². The van der Waals surface area contributed by atoms with Crippen molar-refractivity contribution in [2.75, 3.05) is 27.7 Å². The van der Waals surface area contributed by atoms with Gasteiger partial charge in [-0.25, -0.2) is 22.1 Å². The number of sulfone groups is 1. The number of carboxylic acids is 1. The van der Waals surface area contributed by atoms with E-state index in [-0.39, 0.29) is 49.6 Å². The van der Waals surface area contributed by atoms with Crippen LogP contribution in [-0.4, -0.2) is 63.8 Å². The Balaban J connectivity index is 1.39. The molecule has 0 aliphatic carbocycles. The number of nitrogens with zero attached hydrogens (tertiary/aromatic N) is 4. The normalized spacial score (nSPS) is 11.9. The maximum atomic E-state index is 13.2. The molecule has 2 aromatic heterocycles. The second-order valence-corrected chi connectivity index (χ2v) is 13.8. The van der Waals surface area contributed by atoms with Crippen LogP contribution in [0.25, 0.3) is 5.69 Å². The summed E-state index contributed by atoms with van der Waals surface area (Å²) in [6.45, 7) is 1.65. The molecule has 0 fully saturated rings. The minimum atomic E-state index is -3.68. The van der Waals surface area contributed by atoms with Gasteiger partial charge in [-0.15, -0.1) is 0 Å². The summed E-state index contributed by atoms with van der Waals surface area (Å²) < 4.78 is 56.3. The minimum absolute atomic E-state index is 0.0178. The van der Waals surface area contributed by atoms with Crippen molar-refractivity contribution in [1.82, 2.24) is 24.7 Å². The molecule has 0 saturated heterocycles. The van der Waals surface area contributed by atoms with E-state index in [1.165, 1.54) is 35.0 Å². The van der Waals surface area contributed by atoms with Crippen LogP contribution in [0.3, 0.4) is 0 Å². The van der Waals surface area contributed by atoms with Crippen LogP contribution in [0.5, 0.6) is 0 Å². The average molecular weight is 734 g/mol. The maximum Gasteiger partial charge on any atom is 0.337 e. The smallest absolute Gasteiger partial charge is 0.337 e. The van der Waals surface area contributed by atoms with Crippen molar-refractivity contribution in [2.24, 2.45) is 0 Å². The number of anilines is 6. The summed E-state index contributed by atoms with van der Waals surface area (Å²) >= 11 is 4.23. The van der Waals surface area contributed by atoms with E-state index in [2.05, 4.69) is 41.5 Å². The number of H-pyrrole nitrogens is 1. The van der Waals surface area contributed by atoms with Gasteiger partial charge >= 0.3 is 5.97 Å². The number of nitrogens with one attached hydrogen (secondary N) is 5. The minimum Gasteiger partial charge on any atom is -0.478 e. The van der Waals surface area contributed by atoms with E-state index >= 15 is 0 Å². The highest BCUT2D eigenvalue weighted by atomic mass is 35.5. The van der Waals surface area contributed by atoms with Crippen LogP contribution in [-0.2, 0) is 20.9 Å². The first-order chi connectivity index (χ1) is 22.7. The molecular formula is C27H24ClN9O8S3. The SMILES string of the molecule is Cc1[nH]n(-c2ccc(SO)cc2)c(=O)c1NNc1cc(Nc2nc(Cl)nc(Nc3ccc(S(C)(=O)=O)cc3C(=O)O)n2)ccc1S(=O)O. The quantitative estimate of drug-likeness (QED) is 0.0499. The molecule has 0 spiro atoms. The number of rotatable bonds is 12. The van der Waals surface area contributed by atoms with Gasteiger partial charge in [0.05, 0.1) is 38.1 Å². The summed E-state index contributed by atoms with van der Waals surface area (Å²) in [5, 5.41) is 17.9. The number of carboxylic acid groups (broad SMARTS) is 1. The maximum absolute atomic E-state index is 13.2. The van der Waals surface area contributed by atoms with Gasteiger partial charge in [0.1, 0.15) is 5.69 Å². The first kappa shape index (κ1) is 34.3. The first-order valence-corrected chi connectivity index (χ1v) is 17.4. The molecule has 0 saturated carbocycles. The Hall–Kier alpha value is -4.99. The molecule has 1 unspecified atom stereocenters. The molecule has 0 radical (unpaired) electrons. The van der Waals surface area contributed by atoms with E-state index in [1.807, 2.05) is 0 Å². The predicted octanol–water partition coefficient (Wildman–Crippen LogP) is 4.49. The molecule has 0 aliphatic rings. The lowest BCUT2D eigenvalue weighted by molar-refractivity contribution is 0.0697. The van der Waals surface area contributed by atoms with Crippen molar-refractivity contribution in [3.8, 4) is 5.69 Å². The van der Waals surface area contributed by atoms with Gasteiger partial charge in [-0.2, -0.15) is 15.0 Å². The first-order valence-electron chi connectivity index (χ1n) is 13.3. The molecule has 48 heavy (non-hydrogen) atoms. The summed E-state index contributed by atoms with van der Waals surface area (Å²) in [5.74, 6) is -1.68. The number of halogens is 1. The van der Waals surface area contributed by atoms with Gasteiger partial charge in [0.2, 0.25) is 17.2 Å². The molecule has 0 aliphatic heterocycles. The van der Waals surface area contributed by atoms with Gasteiger partial charge < -0.3 is 24.8 Å². The monoisotopic (exact) mass is 733 g/mol. The molecule has 17 nitrogen and oxygen atoms in total. The van der Waals surface area contributed by atoms with E-state index in [0.717, 1.165) is 12.3 Å². The van der Waals surface area contributed by atoms with Crippen molar-refractivity contribution in [2.45, 2.75) is 21.6 Å². The Morgan fingerprint density at radius 1 is 0.979 bits per heavy atom. The van der Waals surface area contributed by atoms with Crippen LogP contribution in [0.2, 0.25) is 5.28 Å². The number of hydrogen-bond donors (Lipinski definition) is 8. The Morgan fingerprint density at radius 2 is 1.67 bits per heavy atom. The molecule has 5 aromatic rings. The summed E-state index contributed by atoms with van der Waals surface area (Å²) in [4.78, 5) is 37.5. The molecule has 5 rings (SSSR count). The van der Waals surface area contributed by atoms with Crippen molar-refractivity contribution in [1.29, 1.82) is 0 Å². The highest BCUT2D eigenvalue weighted by Gasteiger charge is 2.18. The van der Waals surface area contributed by atoms with Crippen LogP contribution in [0, 0.1) is 6.92 Å². The van der Waals surface area contributed by atoms with E-state index in [4.69, 9.17) is 11.6 Å². The predicted molar refractivity (Wildman–Crippen MR) is 180 cm³/mol. The molecule has 0 amide bonds. The zero-order chi connectivity index (χ0) is 34.7. The average Bonchev–Trinajstić information content (AvgIpc) is 3.31. The number of aryl methyl sites for hydroxylation is 1. The van der Waals surface area contributed by atoms with Gasteiger partial charge in [-0.3, -0.25) is 20.7 Å². The third-order valence-corrected chi connectivity index (χ3v) is 9.02. The molecule has 2 heterocycles. The number of aromatic carboxylic acids is 1. The van der Waals surface area contributed by atoms with Crippen LogP contribution in [0.4, 0.5) is 34.6 Å². The Bertz CT molecular complexity index is 2230. The fourth-order valence-corrected chi connectivity index (χ4v) is 5.82. The van der Waals surface area contributed by atoms with Gasteiger partial charge in [0, 0.05) is 28.9 Å². The van der Waals surface area contributed by atoms with E-state index < -0.39 is 32.4 Å². The second kappa shape index (κ2) is 14.0. The summed E-state index contributed by atoms with van der Waals surface area (Å²) in [6.07, 6.45) is 0.949. The topological polar surface area (TPSA) is 254 Å². The third-order valence-electron chi connectivity index (χ3n) is 6.52. The van der Waals surface area contributed by atoms with Crippen molar-refractivity contribution in [3.05, 3.63) is 87.6 Å². The number of aromatic nitrogens is 5. The van der Waals surface area contributed by atoms with Crippen LogP contribution in [0.15, 0.2) is 80.1 Å². The number of carbonyl (C=O) groups is 1. The zero-order valence-electron chi connectivity index (χ0n) is 24.5. The van der Waals surface area contributed by atoms with Gasteiger partial charge in [-0.05, 0) is 79.2 Å². The Labute approximate surface area is 283 Å². The van der Waals surface area contributed by atoms with Crippen LogP contribution < -0.4 is 27.0 Å². The van der Waals surface area contributed by atoms with Gasteiger partial charge in [-0.1, -0.05) is 0 Å². The molecule has 1 atom stereocenters. The highest BCUT2D eigenvalue weighted by molar-refractivity contribution is 7.93. The standard InChI is InChI=1S/C27H24ClN9O8S3/c1-13-22(23(38)37(36-13)15-4-6-16(46-41)7-5-15)35-34-20-11-14(3-10-21(20)47(42)43)29-26-31-25(28)32-27(33-26)30-19-9-8-17(48(2,44)45)12-18(19)24(39)40/h3-12,34-36,41H,1-2H3,(H,39,40)(H,42,43)(H2,29,30,31,32,33). The fraction of sp³-hybridized carbons (Fsp3) is 0.0741.